The van der Waals surface area contributed by atoms with Crippen LogP contribution in [0.4, 0.5) is 5.69 Å². The van der Waals surface area contributed by atoms with Crippen LogP contribution in [0.3, 0.4) is 0 Å². The average Bonchev–Trinajstić information content (AvgIpc) is 2.69. The van der Waals surface area contributed by atoms with Gasteiger partial charge in [-0.1, -0.05) is 15.9 Å². The van der Waals surface area contributed by atoms with Gasteiger partial charge in [-0.3, -0.25) is 14.4 Å². The molecule has 5 nitrogen and oxygen atoms in total. The summed E-state index contributed by atoms with van der Waals surface area (Å²) >= 11 is 3.21. The van der Waals surface area contributed by atoms with Gasteiger partial charge < -0.3 is 4.74 Å². The second-order valence-electron chi connectivity index (χ2n) is 4.70. The van der Waals surface area contributed by atoms with E-state index in [2.05, 4.69) is 15.9 Å². The number of ether oxygens (including phenoxy) is 1. The first-order valence-corrected chi connectivity index (χ1v) is 6.66. The first-order valence-electron chi connectivity index (χ1n) is 5.86. The fraction of sp³-hybridized carbons (Fsp3) is 0.214. The van der Waals surface area contributed by atoms with Crippen molar-refractivity contribution in [1.82, 2.24) is 0 Å². The van der Waals surface area contributed by atoms with Crippen molar-refractivity contribution in [3.63, 3.8) is 0 Å². The number of esters is 1. The third-order valence-electron chi connectivity index (χ3n) is 2.60. The van der Waals surface area contributed by atoms with Gasteiger partial charge in [-0.05, 0) is 38.1 Å². The molecule has 20 heavy (non-hydrogen) atoms. The van der Waals surface area contributed by atoms with Crippen LogP contribution in [0.1, 0.15) is 13.8 Å². The fourth-order valence-electron chi connectivity index (χ4n) is 1.55. The van der Waals surface area contributed by atoms with Gasteiger partial charge in [0.05, 0.1) is 5.69 Å². The van der Waals surface area contributed by atoms with Crippen LogP contribution in [0.25, 0.3) is 0 Å². The minimum Gasteiger partial charge on any atom is -0.426 e. The lowest BCUT2D eigenvalue weighted by atomic mass is 10.2. The van der Waals surface area contributed by atoms with Gasteiger partial charge in [0.1, 0.15) is 10.1 Å². The summed E-state index contributed by atoms with van der Waals surface area (Å²) in [5.74, 6) is -0.860. The van der Waals surface area contributed by atoms with Gasteiger partial charge >= 0.3 is 5.97 Å². The minimum absolute atomic E-state index is 0.346. The van der Waals surface area contributed by atoms with Crippen molar-refractivity contribution in [3.05, 3.63) is 36.4 Å². The maximum absolute atomic E-state index is 11.7. The molecular weight excluding hydrogens is 326 g/mol. The van der Waals surface area contributed by atoms with Gasteiger partial charge in [0.15, 0.2) is 0 Å². The second kappa shape index (κ2) is 5.20. The van der Waals surface area contributed by atoms with Crippen molar-refractivity contribution in [3.8, 4) is 5.75 Å². The summed E-state index contributed by atoms with van der Waals surface area (Å²) in [6, 6.07) is 6.16. The molecule has 0 aromatic heterocycles. The van der Waals surface area contributed by atoms with E-state index in [4.69, 9.17) is 4.74 Å². The molecule has 1 aliphatic heterocycles. The number of alkyl halides is 1. The Hall–Kier alpha value is -1.95. The molecule has 1 aliphatic rings. The van der Waals surface area contributed by atoms with E-state index < -0.39 is 10.3 Å². The van der Waals surface area contributed by atoms with Crippen LogP contribution in [-0.4, -0.2) is 22.1 Å². The molecule has 1 aromatic rings. The van der Waals surface area contributed by atoms with Crippen LogP contribution in [0, 0.1) is 0 Å². The zero-order valence-corrected chi connectivity index (χ0v) is 12.5. The van der Waals surface area contributed by atoms with Crippen LogP contribution >= 0.6 is 15.9 Å². The molecule has 0 saturated carbocycles. The van der Waals surface area contributed by atoms with Crippen LogP contribution < -0.4 is 9.64 Å². The van der Waals surface area contributed by atoms with Crippen molar-refractivity contribution >= 4 is 39.4 Å². The predicted octanol–water partition coefficient (Wildman–Crippen LogP) is 2.19. The van der Waals surface area contributed by atoms with Crippen LogP contribution in [0.2, 0.25) is 0 Å². The molecule has 0 fully saturated rings. The highest BCUT2D eigenvalue weighted by molar-refractivity contribution is 9.10. The summed E-state index contributed by atoms with van der Waals surface area (Å²) in [5.41, 5.74) is 0.433. The molecular formula is C14H12BrNO4. The number of hydrogen-bond donors (Lipinski definition) is 0. The van der Waals surface area contributed by atoms with Crippen molar-refractivity contribution in [2.24, 2.45) is 0 Å². The Bertz CT molecular complexity index is 581. The topological polar surface area (TPSA) is 63.7 Å². The van der Waals surface area contributed by atoms with Crippen molar-refractivity contribution < 1.29 is 19.1 Å². The number of benzene rings is 1. The zero-order chi connectivity index (χ0) is 14.9. The summed E-state index contributed by atoms with van der Waals surface area (Å²) in [4.78, 5) is 35.7. The molecule has 0 radical (unpaired) electrons. The smallest absolute Gasteiger partial charge is 0.327 e. The molecule has 0 atom stereocenters. The van der Waals surface area contributed by atoms with E-state index in [1.54, 1.807) is 26.0 Å². The lowest BCUT2D eigenvalue weighted by Crippen LogP contribution is -2.30. The molecule has 0 aliphatic carbocycles. The first-order chi connectivity index (χ1) is 9.29. The number of rotatable bonds is 3. The number of anilines is 1. The Morgan fingerprint density at radius 2 is 1.60 bits per heavy atom. The summed E-state index contributed by atoms with van der Waals surface area (Å²) in [5, 5.41) is 0. The molecule has 2 amide bonds. The maximum Gasteiger partial charge on any atom is 0.327 e. The molecule has 6 heteroatoms. The highest BCUT2D eigenvalue weighted by atomic mass is 79.9. The Kier molecular flexibility index (Phi) is 3.76. The number of halogens is 1. The molecule has 0 spiro atoms. The molecule has 0 N–H and O–H groups in total. The van der Waals surface area contributed by atoms with Gasteiger partial charge in [0.25, 0.3) is 11.8 Å². The third kappa shape index (κ3) is 2.96. The number of carbonyl (C=O) groups is 3. The highest BCUT2D eigenvalue weighted by Gasteiger charge is 2.27. The molecule has 0 unspecified atom stereocenters. The van der Waals surface area contributed by atoms with Gasteiger partial charge in [-0.2, -0.15) is 0 Å². The zero-order valence-electron chi connectivity index (χ0n) is 10.9. The summed E-state index contributed by atoms with van der Waals surface area (Å²) < 4.78 is 4.38. The van der Waals surface area contributed by atoms with Crippen molar-refractivity contribution in [2.75, 3.05) is 4.90 Å². The summed E-state index contributed by atoms with van der Waals surface area (Å²) in [6.45, 7) is 3.36. The van der Waals surface area contributed by atoms with E-state index in [9.17, 15) is 14.4 Å². The van der Waals surface area contributed by atoms with Crippen LogP contribution in [0.5, 0.6) is 5.75 Å². The molecule has 0 saturated heterocycles. The monoisotopic (exact) mass is 337 g/mol. The lowest BCUT2D eigenvalue weighted by molar-refractivity contribution is -0.136. The fourth-order valence-corrected chi connectivity index (χ4v) is 1.63. The second-order valence-corrected chi connectivity index (χ2v) is 6.68. The van der Waals surface area contributed by atoms with E-state index >= 15 is 0 Å². The van der Waals surface area contributed by atoms with Crippen LogP contribution in [-0.2, 0) is 14.4 Å². The molecule has 1 heterocycles. The molecule has 0 bridgehead atoms. The van der Waals surface area contributed by atoms with E-state index in [-0.39, 0.29) is 11.8 Å². The third-order valence-corrected chi connectivity index (χ3v) is 2.92. The number of hydrogen-bond acceptors (Lipinski definition) is 4. The largest absolute Gasteiger partial charge is 0.426 e. The Morgan fingerprint density at radius 3 is 2.05 bits per heavy atom. The normalized spacial score (nSPS) is 14.8. The van der Waals surface area contributed by atoms with E-state index in [0.717, 1.165) is 4.90 Å². The van der Waals surface area contributed by atoms with Gasteiger partial charge in [0, 0.05) is 12.2 Å². The number of imide groups is 1. The van der Waals surface area contributed by atoms with Gasteiger partial charge in [-0.15, -0.1) is 0 Å². The van der Waals surface area contributed by atoms with Crippen molar-refractivity contribution in [1.29, 1.82) is 0 Å². The Morgan fingerprint density at radius 1 is 1.10 bits per heavy atom. The standard InChI is InChI=1S/C14H12BrNO4/c1-14(2,15)13(19)20-10-5-3-9(4-6-10)16-11(17)7-8-12(16)18/h3-8H,1-2H3. The Balaban J connectivity index is 2.13. The van der Waals surface area contributed by atoms with Crippen LogP contribution in [0.15, 0.2) is 36.4 Å². The highest BCUT2D eigenvalue weighted by Crippen LogP contribution is 2.24. The minimum atomic E-state index is -0.781. The maximum atomic E-state index is 11.7. The lowest BCUT2D eigenvalue weighted by Gasteiger charge is -2.16. The van der Waals surface area contributed by atoms with Crippen molar-refractivity contribution in [2.45, 2.75) is 18.2 Å². The quantitative estimate of drug-likeness (QED) is 0.367. The first kappa shape index (κ1) is 14.5. The summed E-state index contributed by atoms with van der Waals surface area (Å²) in [7, 11) is 0. The number of nitrogens with zero attached hydrogens (tertiary/aromatic N) is 1. The molecule has 104 valence electrons. The number of amides is 2. The van der Waals surface area contributed by atoms with E-state index in [0.29, 0.717) is 11.4 Å². The molecule has 1 aromatic carbocycles. The van der Waals surface area contributed by atoms with E-state index in [1.165, 1.54) is 24.3 Å². The van der Waals surface area contributed by atoms with Gasteiger partial charge in [-0.25, -0.2) is 4.90 Å². The number of carbonyl (C=O) groups excluding carboxylic acids is 3. The SMILES string of the molecule is CC(C)(Br)C(=O)Oc1ccc(N2C(=O)C=CC2=O)cc1. The average molecular weight is 338 g/mol. The summed E-state index contributed by atoms with van der Waals surface area (Å²) in [6.07, 6.45) is 2.42. The van der Waals surface area contributed by atoms with Gasteiger partial charge in [0.2, 0.25) is 0 Å². The molecule has 2 rings (SSSR count). The van der Waals surface area contributed by atoms with E-state index in [1.807, 2.05) is 0 Å². The Labute approximate surface area is 124 Å². The predicted molar refractivity (Wildman–Crippen MR) is 76.7 cm³/mol.